The van der Waals surface area contributed by atoms with Gasteiger partial charge in [0.2, 0.25) is 5.91 Å². The van der Waals surface area contributed by atoms with Crippen molar-refractivity contribution in [3.8, 4) is 0 Å². The van der Waals surface area contributed by atoms with Gasteiger partial charge in [0.25, 0.3) is 0 Å². The molecule has 1 amide bonds. The molecule has 0 radical (unpaired) electrons. The van der Waals surface area contributed by atoms with Crippen molar-refractivity contribution < 1.29 is 4.79 Å². The first kappa shape index (κ1) is 14.9. The summed E-state index contributed by atoms with van der Waals surface area (Å²) in [6.45, 7) is 0. The number of fused-ring (bicyclic) bond motifs is 2. The molecule has 4 heteroatoms. The maximum absolute atomic E-state index is 12.8. The van der Waals surface area contributed by atoms with E-state index in [9.17, 15) is 4.79 Å². The quantitative estimate of drug-likeness (QED) is 0.838. The Morgan fingerprint density at radius 1 is 1.24 bits per heavy atom. The summed E-state index contributed by atoms with van der Waals surface area (Å²) in [6, 6.07) is 9.05. The molecule has 3 nitrogen and oxygen atoms in total. The molecule has 21 heavy (non-hydrogen) atoms. The molecule has 4 unspecified atom stereocenters. The summed E-state index contributed by atoms with van der Waals surface area (Å²) in [6.07, 6.45) is 3.41. The summed E-state index contributed by atoms with van der Waals surface area (Å²) in [5.41, 5.74) is 1.25. The van der Waals surface area contributed by atoms with Crippen LogP contribution >= 0.6 is 11.6 Å². The van der Waals surface area contributed by atoms with Gasteiger partial charge in [0.15, 0.2) is 0 Å². The Hall–Kier alpha value is -1.06. The second-order valence-electron chi connectivity index (χ2n) is 6.62. The number of piperidine rings is 1. The molecule has 2 heterocycles. The van der Waals surface area contributed by atoms with E-state index in [0.29, 0.717) is 18.0 Å². The van der Waals surface area contributed by atoms with Gasteiger partial charge in [0.1, 0.15) is 0 Å². The van der Waals surface area contributed by atoms with Crippen molar-refractivity contribution in [3.05, 3.63) is 34.9 Å². The van der Waals surface area contributed by atoms with E-state index in [1.807, 2.05) is 26.2 Å². The molecule has 0 N–H and O–H groups in total. The summed E-state index contributed by atoms with van der Waals surface area (Å²) in [7, 11) is 5.90. The number of hydrogen-bond donors (Lipinski definition) is 0. The first-order valence-electron chi connectivity index (χ1n) is 7.67. The van der Waals surface area contributed by atoms with E-state index < -0.39 is 0 Å². The highest BCUT2D eigenvalue weighted by Crippen LogP contribution is 2.46. The standard InChI is InChI=1S/C17H23ClN2O/c1-19(2)17(21)16-14(11-4-6-12(18)7-5-11)10-13-8-9-15(16)20(13)3/h4-7,13-16H,8-10H2,1-3H3. The summed E-state index contributed by atoms with van der Waals surface area (Å²) in [5.74, 6) is 0.628. The maximum Gasteiger partial charge on any atom is 0.227 e. The fraction of sp³-hybridized carbons (Fsp3) is 0.588. The van der Waals surface area contributed by atoms with E-state index in [2.05, 4.69) is 24.1 Å². The molecule has 0 aliphatic carbocycles. The van der Waals surface area contributed by atoms with Crippen molar-refractivity contribution >= 4 is 17.5 Å². The number of carbonyl (C=O) groups is 1. The molecule has 2 aliphatic rings. The van der Waals surface area contributed by atoms with Crippen LogP contribution in [0.4, 0.5) is 0 Å². The van der Waals surface area contributed by atoms with E-state index in [0.717, 1.165) is 17.9 Å². The Morgan fingerprint density at radius 2 is 1.90 bits per heavy atom. The highest BCUT2D eigenvalue weighted by Gasteiger charge is 2.49. The molecule has 0 spiro atoms. The lowest BCUT2D eigenvalue weighted by Gasteiger charge is -2.43. The Morgan fingerprint density at radius 3 is 2.52 bits per heavy atom. The van der Waals surface area contributed by atoms with Crippen LogP contribution in [0.1, 0.15) is 30.7 Å². The third-order valence-corrected chi connectivity index (χ3v) is 5.54. The van der Waals surface area contributed by atoms with Gasteiger partial charge in [-0.15, -0.1) is 0 Å². The third-order valence-electron chi connectivity index (χ3n) is 5.29. The molecule has 4 atom stereocenters. The van der Waals surface area contributed by atoms with Gasteiger partial charge in [0.05, 0.1) is 5.92 Å². The van der Waals surface area contributed by atoms with Crippen LogP contribution in [0.5, 0.6) is 0 Å². The van der Waals surface area contributed by atoms with E-state index in [-0.39, 0.29) is 11.8 Å². The molecule has 2 saturated heterocycles. The van der Waals surface area contributed by atoms with Gasteiger partial charge in [0, 0.05) is 31.2 Å². The second kappa shape index (κ2) is 5.62. The Labute approximate surface area is 131 Å². The highest BCUT2D eigenvalue weighted by atomic mass is 35.5. The van der Waals surface area contributed by atoms with Crippen LogP contribution in [0.2, 0.25) is 5.02 Å². The summed E-state index contributed by atoms with van der Waals surface area (Å²) in [5, 5.41) is 0.755. The number of benzene rings is 1. The fourth-order valence-corrected chi connectivity index (χ4v) is 4.28. The number of carbonyl (C=O) groups excluding carboxylic acids is 1. The maximum atomic E-state index is 12.8. The van der Waals surface area contributed by atoms with Crippen molar-refractivity contribution in [2.75, 3.05) is 21.1 Å². The Balaban J connectivity index is 1.96. The summed E-state index contributed by atoms with van der Waals surface area (Å²) < 4.78 is 0. The monoisotopic (exact) mass is 306 g/mol. The van der Waals surface area contributed by atoms with Gasteiger partial charge in [-0.3, -0.25) is 9.69 Å². The Bertz CT molecular complexity index is 528. The van der Waals surface area contributed by atoms with Crippen LogP contribution in [0, 0.1) is 5.92 Å². The van der Waals surface area contributed by atoms with Crippen molar-refractivity contribution in [1.29, 1.82) is 0 Å². The average molecular weight is 307 g/mol. The predicted octanol–water partition coefficient (Wildman–Crippen LogP) is 2.99. The molecular weight excluding hydrogens is 284 g/mol. The zero-order valence-electron chi connectivity index (χ0n) is 12.9. The molecule has 0 saturated carbocycles. The molecule has 0 aromatic heterocycles. The molecule has 1 aromatic carbocycles. The van der Waals surface area contributed by atoms with E-state index in [1.54, 1.807) is 4.90 Å². The normalized spacial score (nSPS) is 32.2. The zero-order valence-corrected chi connectivity index (χ0v) is 13.7. The molecule has 2 bridgehead atoms. The molecule has 114 valence electrons. The van der Waals surface area contributed by atoms with Gasteiger partial charge in [-0.1, -0.05) is 23.7 Å². The average Bonchev–Trinajstić information content (AvgIpc) is 2.71. The third kappa shape index (κ3) is 2.58. The number of nitrogens with zero attached hydrogens (tertiary/aromatic N) is 2. The predicted molar refractivity (Wildman–Crippen MR) is 85.6 cm³/mol. The molecule has 2 fully saturated rings. The minimum atomic E-state index is 0.0601. The van der Waals surface area contributed by atoms with E-state index in [4.69, 9.17) is 11.6 Å². The first-order chi connectivity index (χ1) is 9.99. The smallest absolute Gasteiger partial charge is 0.227 e. The molecule has 1 aromatic rings. The number of rotatable bonds is 2. The van der Waals surface area contributed by atoms with Gasteiger partial charge in [-0.05, 0) is 49.9 Å². The second-order valence-corrected chi connectivity index (χ2v) is 7.05. The van der Waals surface area contributed by atoms with Crippen LogP contribution in [-0.4, -0.2) is 48.9 Å². The SMILES string of the molecule is CN(C)C(=O)C1C(c2ccc(Cl)cc2)CC2CCC1N2C. The molecule has 2 aliphatic heterocycles. The van der Waals surface area contributed by atoms with Crippen molar-refractivity contribution in [2.45, 2.75) is 37.3 Å². The van der Waals surface area contributed by atoms with Crippen molar-refractivity contribution in [3.63, 3.8) is 0 Å². The largest absolute Gasteiger partial charge is 0.349 e. The van der Waals surface area contributed by atoms with E-state index in [1.165, 1.54) is 12.0 Å². The summed E-state index contributed by atoms with van der Waals surface area (Å²) in [4.78, 5) is 16.9. The lowest BCUT2D eigenvalue weighted by atomic mass is 9.75. The van der Waals surface area contributed by atoms with Crippen LogP contribution in [0.3, 0.4) is 0 Å². The van der Waals surface area contributed by atoms with Gasteiger partial charge in [-0.25, -0.2) is 0 Å². The Kier molecular flexibility index (Phi) is 3.98. The molecular formula is C17H23ClN2O. The molecule has 3 rings (SSSR count). The van der Waals surface area contributed by atoms with Crippen LogP contribution < -0.4 is 0 Å². The van der Waals surface area contributed by atoms with Gasteiger partial charge in [-0.2, -0.15) is 0 Å². The van der Waals surface area contributed by atoms with Crippen molar-refractivity contribution in [1.82, 2.24) is 9.80 Å². The van der Waals surface area contributed by atoms with Gasteiger partial charge < -0.3 is 4.90 Å². The zero-order chi connectivity index (χ0) is 15.1. The van der Waals surface area contributed by atoms with Crippen LogP contribution in [0.15, 0.2) is 24.3 Å². The van der Waals surface area contributed by atoms with Crippen molar-refractivity contribution in [2.24, 2.45) is 5.92 Å². The lowest BCUT2D eigenvalue weighted by molar-refractivity contribution is -0.137. The van der Waals surface area contributed by atoms with E-state index >= 15 is 0 Å². The number of halogens is 1. The topological polar surface area (TPSA) is 23.6 Å². The summed E-state index contributed by atoms with van der Waals surface area (Å²) >= 11 is 6.01. The van der Waals surface area contributed by atoms with Crippen LogP contribution in [0.25, 0.3) is 0 Å². The fourth-order valence-electron chi connectivity index (χ4n) is 4.15. The van der Waals surface area contributed by atoms with Crippen LogP contribution in [-0.2, 0) is 4.79 Å². The minimum absolute atomic E-state index is 0.0601. The minimum Gasteiger partial charge on any atom is -0.349 e. The number of amides is 1. The highest BCUT2D eigenvalue weighted by molar-refractivity contribution is 6.30. The van der Waals surface area contributed by atoms with Gasteiger partial charge >= 0.3 is 0 Å². The first-order valence-corrected chi connectivity index (χ1v) is 8.05. The number of hydrogen-bond acceptors (Lipinski definition) is 2. The lowest BCUT2D eigenvalue weighted by Crippen LogP contribution is -2.51.